The Bertz CT molecular complexity index is 929. The number of ether oxygens (including phenoxy) is 12. The van der Waals surface area contributed by atoms with Crippen LogP contribution >= 0.6 is 0 Å². The fourth-order valence-electron chi connectivity index (χ4n) is 4.09. The number of hydrogen-bond donors (Lipinski definition) is 3. The molecule has 0 radical (unpaired) electrons. The van der Waals surface area contributed by atoms with Crippen molar-refractivity contribution in [1.29, 1.82) is 0 Å². The molecule has 0 atom stereocenters. The number of amides is 3. The average Bonchev–Trinajstić information content (AvgIpc) is 3.18. The van der Waals surface area contributed by atoms with Crippen molar-refractivity contribution >= 4 is 17.7 Å². The summed E-state index contributed by atoms with van der Waals surface area (Å²) in [5.41, 5.74) is 0.427. The van der Waals surface area contributed by atoms with Crippen molar-refractivity contribution in [3.8, 4) is 0 Å². The second kappa shape index (κ2) is 37.1. The molecule has 0 aliphatic rings. The molecule has 54 heavy (non-hydrogen) atoms. The highest BCUT2D eigenvalue weighted by atomic mass is 16.6. The number of methoxy groups -OCH3 is 3. The fourth-order valence-corrected chi connectivity index (χ4v) is 4.09. The molecule has 18 nitrogen and oxygen atoms in total. The van der Waals surface area contributed by atoms with Gasteiger partial charge in [0.2, 0.25) is 0 Å². The summed E-state index contributed by atoms with van der Waals surface area (Å²) in [5.74, 6) is -1.40. The topological polar surface area (TPSA) is 198 Å². The molecule has 312 valence electrons. The van der Waals surface area contributed by atoms with Crippen LogP contribution < -0.4 is 16.0 Å². The molecule has 0 heterocycles. The largest absolute Gasteiger partial charge is 0.382 e. The Labute approximate surface area is 319 Å². The number of carbonyl (C=O) groups is 3. The normalized spacial score (nSPS) is 11.2. The third-order valence-corrected chi connectivity index (χ3v) is 6.84. The van der Waals surface area contributed by atoms with E-state index in [2.05, 4.69) is 16.0 Å². The van der Waals surface area contributed by atoms with Crippen LogP contribution in [-0.2, 0) is 56.8 Å². The van der Waals surface area contributed by atoms with Gasteiger partial charge in [-0.15, -0.1) is 0 Å². The van der Waals surface area contributed by atoms with Gasteiger partial charge in [0.05, 0.1) is 139 Å². The molecular formula is C36H63N3O15. The lowest BCUT2D eigenvalue weighted by atomic mass is 10.0. The molecule has 0 spiro atoms. The van der Waals surface area contributed by atoms with Crippen molar-refractivity contribution in [2.75, 3.05) is 180 Å². The van der Waals surface area contributed by atoms with Crippen LogP contribution in [0.2, 0.25) is 0 Å². The first-order chi connectivity index (χ1) is 26.5. The summed E-state index contributed by atoms with van der Waals surface area (Å²) in [4.78, 5) is 39.2. The molecule has 0 saturated heterocycles. The van der Waals surface area contributed by atoms with E-state index in [9.17, 15) is 14.4 Å². The smallest absolute Gasteiger partial charge is 0.251 e. The predicted octanol–water partition coefficient (Wildman–Crippen LogP) is -0.0354. The average molecular weight is 778 g/mol. The Hall–Kier alpha value is -2.85. The second-order valence-electron chi connectivity index (χ2n) is 11.1. The van der Waals surface area contributed by atoms with Crippen molar-refractivity contribution < 1.29 is 71.2 Å². The van der Waals surface area contributed by atoms with Crippen LogP contribution in [0.1, 0.15) is 31.1 Å². The van der Waals surface area contributed by atoms with Gasteiger partial charge in [-0.1, -0.05) is 0 Å². The van der Waals surface area contributed by atoms with Crippen molar-refractivity contribution in [1.82, 2.24) is 16.0 Å². The highest BCUT2D eigenvalue weighted by Gasteiger charge is 2.16. The molecule has 0 unspecified atom stereocenters. The zero-order chi connectivity index (χ0) is 39.2. The van der Waals surface area contributed by atoms with Gasteiger partial charge in [-0.2, -0.15) is 0 Å². The number of rotatable bonds is 39. The third kappa shape index (κ3) is 28.6. The summed E-state index contributed by atoms with van der Waals surface area (Å²) in [7, 11) is 4.83. The van der Waals surface area contributed by atoms with Gasteiger partial charge in [0.25, 0.3) is 17.7 Å². The monoisotopic (exact) mass is 777 g/mol. The molecule has 0 saturated carbocycles. The predicted molar refractivity (Wildman–Crippen MR) is 196 cm³/mol. The maximum absolute atomic E-state index is 13.1. The molecule has 1 aromatic rings. The van der Waals surface area contributed by atoms with Crippen LogP contribution in [-0.4, -0.2) is 197 Å². The SMILES string of the molecule is COCCOCCOCCOCCNC(=O)c1cc(C(=O)NCCOCCOCCOCCOC)cc(C(=O)NCCOCCOCCOCCOC)c1. The van der Waals surface area contributed by atoms with Crippen molar-refractivity contribution in [3.63, 3.8) is 0 Å². The number of carbonyl (C=O) groups excluding carboxylic acids is 3. The summed E-state index contributed by atoms with van der Waals surface area (Å²) in [5, 5.41) is 8.27. The zero-order valence-corrected chi connectivity index (χ0v) is 32.3. The van der Waals surface area contributed by atoms with E-state index in [-0.39, 0.29) is 56.1 Å². The first-order valence-corrected chi connectivity index (χ1v) is 18.2. The fraction of sp³-hybridized carbons (Fsp3) is 0.750. The summed E-state index contributed by atoms with van der Waals surface area (Å²) in [6.45, 7) is 9.34. The lowest BCUT2D eigenvalue weighted by Gasteiger charge is -2.12. The van der Waals surface area contributed by atoms with Gasteiger partial charge in [0, 0.05) is 57.7 Å². The van der Waals surface area contributed by atoms with Crippen LogP contribution in [0, 0.1) is 0 Å². The van der Waals surface area contributed by atoms with Crippen LogP contribution in [0.15, 0.2) is 18.2 Å². The highest BCUT2D eigenvalue weighted by molar-refractivity contribution is 6.04. The Balaban J connectivity index is 2.53. The van der Waals surface area contributed by atoms with Gasteiger partial charge >= 0.3 is 0 Å². The minimum absolute atomic E-state index is 0.142. The zero-order valence-electron chi connectivity index (χ0n) is 32.3. The second-order valence-corrected chi connectivity index (χ2v) is 11.1. The molecule has 0 aromatic heterocycles. The molecular weight excluding hydrogens is 714 g/mol. The first kappa shape index (κ1) is 49.2. The van der Waals surface area contributed by atoms with Gasteiger partial charge in [-0.05, 0) is 18.2 Å². The van der Waals surface area contributed by atoms with Crippen LogP contribution in [0.5, 0.6) is 0 Å². The van der Waals surface area contributed by atoms with Crippen LogP contribution in [0.4, 0.5) is 0 Å². The standard InChI is InChI=1S/C36H63N3O15/c1-43-10-13-49-22-25-52-19-16-46-7-4-37-34(40)31-28-32(35(41)38-5-8-47-17-20-53-26-23-50-14-11-44-2)30-33(29-31)36(42)39-6-9-48-18-21-54-27-24-51-15-12-45-3/h28-30H,4-27H2,1-3H3,(H,37,40)(H,38,41)(H,39,42). The third-order valence-electron chi connectivity index (χ3n) is 6.84. The minimum atomic E-state index is -0.466. The number of benzene rings is 1. The molecule has 0 aliphatic heterocycles. The van der Waals surface area contributed by atoms with E-state index >= 15 is 0 Å². The van der Waals surface area contributed by atoms with Crippen molar-refractivity contribution in [2.24, 2.45) is 0 Å². The van der Waals surface area contributed by atoms with Gasteiger partial charge in [0.1, 0.15) is 0 Å². The van der Waals surface area contributed by atoms with Gasteiger partial charge < -0.3 is 72.8 Å². The number of nitrogens with one attached hydrogen (secondary N) is 3. The maximum atomic E-state index is 13.1. The summed E-state index contributed by atoms with van der Waals surface area (Å²) >= 11 is 0. The lowest BCUT2D eigenvalue weighted by Crippen LogP contribution is -2.31. The Morgan fingerprint density at radius 2 is 0.519 bits per heavy atom. The maximum Gasteiger partial charge on any atom is 0.251 e. The number of hydrogen-bond acceptors (Lipinski definition) is 15. The van der Waals surface area contributed by atoms with Gasteiger partial charge in [-0.3, -0.25) is 14.4 Å². The minimum Gasteiger partial charge on any atom is -0.382 e. The Morgan fingerprint density at radius 1 is 0.333 bits per heavy atom. The van der Waals surface area contributed by atoms with E-state index < -0.39 is 17.7 Å². The highest BCUT2D eigenvalue weighted by Crippen LogP contribution is 2.12. The van der Waals surface area contributed by atoms with Crippen LogP contribution in [0.3, 0.4) is 0 Å². The molecule has 1 rings (SSSR count). The molecule has 0 bridgehead atoms. The molecule has 3 amide bonds. The van der Waals surface area contributed by atoms with E-state index in [1.165, 1.54) is 18.2 Å². The van der Waals surface area contributed by atoms with Crippen molar-refractivity contribution in [2.45, 2.75) is 0 Å². The Kier molecular flexibility index (Phi) is 33.8. The van der Waals surface area contributed by atoms with E-state index in [4.69, 9.17) is 56.8 Å². The van der Waals surface area contributed by atoms with E-state index in [0.717, 1.165) is 0 Å². The molecule has 0 fully saturated rings. The lowest BCUT2D eigenvalue weighted by molar-refractivity contribution is 0.00413. The van der Waals surface area contributed by atoms with E-state index in [1.807, 2.05) is 0 Å². The van der Waals surface area contributed by atoms with E-state index in [1.54, 1.807) is 21.3 Å². The quantitative estimate of drug-likeness (QED) is 0.0753. The molecule has 0 aliphatic carbocycles. The summed E-state index contributed by atoms with van der Waals surface area (Å²) in [6.07, 6.45) is 0. The Morgan fingerprint density at radius 3 is 0.722 bits per heavy atom. The van der Waals surface area contributed by atoms with Gasteiger partial charge in [-0.25, -0.2) is 0 Å². The van der Waals surface area contributed by atoms with Gasteiger partial charge in [0.15, 0.2) is 0 Å². The van der Waals surface area contributed by atoms with E-state index in [0.29, 0.717) is 119 Å². The first-order valence-electron chi connectivity index (χ1n) is 18.2. The molecule has 3 N–H and O–H groups in total. The summed E-state index contributed by atoms with van der Waals surface area (Å²) in [6, 6.07) is 4.29. The van der Waals surface area contributed by atoms with Crippen molar-refractivity contribution in [3.05, 3.63) is 34.9 Å². The molecule has 18 heteroatoms. The summed E-state index contributed by atoms with van der Waals surface area (Å²) < 4.78 is 63.6. The molecule has 1 aromatic carbocycles. The van der Waals surface area contributed by atoms with Crippen LogP contribution in [0.25, 0.3) is 0 Å².